The fourth-order valence-corrected chi connectivity index (χ4v) is 3.78. The number of hydrogen-bond acceptors (Lipinski definition) is 8. The van der Waals surface area contributed by atoms with Gasteiger partial charge in [0, 0.05) is 25.5 Å². The van der Waals surface area contributed by atoms with Crippen molar-refractivity contribution >= 4 is 29.8 Å². The van der Waals surface area contributed by atoms with Gasteiger partial charge in [0.2, 0.25) is 17.7 Å². The van der Waals surface area contributed by atoms with Crippen molar-refractivity contribution in [3.63, 3.8) is 0 Å². The number of carbonyl (C=O) groups excluding carboxylic acids is 4. The normalized spacial score (nSPS) is 15.9. The average molecular weight is 548 g/mol. The Bertz CT molecular complexity index is 989. The Morgan fingerprint density at radius 2 is 1.92 bits per heavy atom. The lowest BCUT2D eigenvalue weighted by atomic mass is 10.0. The van der Waals surface area contributed by atoms with Crippen LogP contribution in [0, 0.1) is 5.92 Å². The van der Waals surface area contributed by atoms with E-state index < -0.39 is 17.9 Å². The maximum Gasteiger partial charge on any atom is 0.305 e. The molecule has 0 aromatic heterocycles. The highest BCUT2D eigenvalue weighted by Gasteiger charge is 2.24. The van der Waals surface area contributed by atoms with Crippen LogP contribution in [-0.2, 0) is 28.7 Å². The number of methoxy groups -OCH3 is 1. The number of hydrogen-bond donors (Lipinski definition) is 3. The summed E-state index contributed by atoms with van der Waals surface area (Å²) in [4.78, 5) is 48.6. The maximum absolute atomic E-state index is 12.5. The van der Waals surface area contributed by atoms with E-state index in [9.17, 15) is 19.2 Å². The van der Waals surface area contributed by atoms with E-state index in [4.69, 9.17) is 18.9 Å². The summed E-state index contributed by atoms with van der Waals surface area (Å²) in [6, 6.07) is 4.51. The third-order valence-corrected chi connectivity index (χ3v) is 5.86. The molecule has 1 saturated heterocycles. The van der Waals surface area contributed by atoms with Crippen LogP contribution in [0.1, 0.15) is 58.4 Å². The number of ether oxygens (including phenoxy) is 4. The summed E-state index contributed by atoms with van der Waals surface area (Å²) in [6.07, 6.45) is 6.12. The Hall–Kier alpha value is -3.60. The number of benzene rings is 1. The molecular weight excluding hydrogens is 506 g/mol. The van der Waals surface area contributed by atoms with Crippen LogP contribution in [0.15, 0.2) is 24.3 Å². The maximum atomic E-state index is 12.5. The predicted octanol–water partition coefficient (Wildman–Crippen LogP) is 2.33. The van der Waals surface area contributed by atoms with Gasteiger partial charge in [-0.15, -0.1) is 0 Å². The molecule has 0 aliphatic carbocycles. The Labute approximate surface area is 230 Å². The topological polar surface area (TPSA) is 141 Å². The first-order chi connectivity index (χ1) is 18.7. The van der Waals surface area contributed by atoms with Crippen molar-refractivity contribution < 1.29 is 38.1 Å². The number of rotatable bonds is 15. The molecule has 2 rings (SSSR count). The molecule has 39 heavy (non-hydrogen) atoms. The zero-order chi connectivity index (χ0) is 28.6. The average Bonchev–Trinajstić information content (AvgIpc) is 2.92. The van der Waals surface area contributed by atoms with Crippen molar-refractivity contribution in [2.24, 2.45) is 5.92 Å². The van der Waals surface area contributed by atoms with Crippen LogP contribution in [0.25, 0.3) is 6.08 Å². The van der Waals surface area contributed by atoms with Gasteiger partial charge in [-0.2, -0.15) is 0 Å². The molecule has 1 aromatic rings. The summed E-state index contributed by atoms with van der Waals surface area (Å²) in [5, 5.41) is 7.88. The lowest BCUT2D eigenvalue weighted by Gasteiger charge is -2.24. The van der Waals surface area contributed by atoms with Crippen LogP contribution in [-0.4, -0.2) is 69.4 Å². The Morgan fingerprint density at radius 1 is 1.13 bits per heavy atom. The second-order valence-corrected chi connectivity index (χ2v) is 9.36. The first-order valence-electron chi connectivity index (χ1n) is 13.4. The molecule has 0 spiro atoms. The summed E-state index contributed by atoms with van der Waals surface area (Å²) in [7, 11) is 1.54. The Kier molecular flexibility index (Phi) is 13.8. The zero-order valence-electron chi connectivity index (χ0n) is 23.2. The lowest BCUT2D eigenvalue weighted by molar-refractivity contribution is -0.143. The van der Waals surface area contributed by atoms with Crippen molar-refractivity contribution in [1.29, 1.82) is 0 Å². The first-order valence-corrected chi connectivity index (χ1v) is 13.4. The number of carbonyl (C=O) groups is 4. The summed E-state index contributed by atoms with van der Waals surface area (Å²) in [5.74, 6) is -0.739. The van der Waals surface area contributed by atoms with Gasteiger partial charge in [-0.25, -0.2) is 0 Å². The van der Waals surface area contributed by atoms with Gasteiger partial charge in [0.1, 0.15) is 6.04 Å². The van der Waals surface area contributed by atoms with E-state index in [1.165, 1.54) is 13.2 Å². The third kappa shape index (κ3) is 11.8. The van der Waals surface area contributed by atoms with Crippen LogP contribution in [0.3, 0.4) is 0 Å². The monoisotopic (exact) mass is 547 g/mol. The molecule has 0 radical (unpaired) electrons. The van der Waals surface area contributed by atoms with Gasteiger partial charge in [0.25, 0.3) is 0 Å². The molecule has 216 valence electrons. The molecule has 3 N–H and O–H groups in total. The van der Waals surface area contributed by atoms with Crippen molar-refractivity contribution in [3.8, 4) is 11.5 Å². The molecule has 1 unspecified atom stereocenters. The summed E-state index contributed by atoms with van der Waals surface area (Å²) in [5.41, 5.74) is 0.711. The third-order valence-electron chi connectivity index (χ3n) is 5.86. The summed E-state index contributed by atoms with van der Waals surface area (Å²) in [6.45, 7) is 6.31. The molecule has 1 heterocycles. The fourth-order valence-electron chi connectivity index (χ4n) is 3.78. The van der Waals surface area contributed by atoms with E-state index in [1.807, 2.05) is 0 Å². The molecule has 11 heteroatoms. The molecule has 1 fully saturated rings. The largest absolute Gasteiger partial charge is 0.493 e. The van der Waals surface area contributed by atoms with Gasteiger partial charge >= 0.3 is 5.97 Å². The van der Waals surface area contributed by atoms with Gasteiger partial charge in [-0.05, 0) is 55.9 Å². The molecule has 2 atom stereocenters. The highest BCUT2D eigenvalue weighted by Crippen LogP contribution is 2.31. The van der Waals surface area contributed by atoms with Crippen LogP contribution < -0.4 is 25.4 Å². The van der Waals surface area contributed by atoms with E-state index in [-0.39, 0.29) is 43.6 Å². The van der Waals surface area contributed by atoms with Gasteiger partial charge < -0.3 is 34.9 Å². The van der Waals surface area contributed by atoms with E-state index in [1.54, 1.807) is 45.0 Å². The highest BCUT2D eigenvalue weighted by atomic mass is 16.7. The molecule has 1 aromatic carbocycles. The minimum Gasteiger partial charge on any atom is -0.493 e. The van der Waals surface area contributed by atoms with Crippen LogP contribution >= 0.6 is 0 Å². The van der Waals surface area contributed by atoms with E-state index >= 15 is 0 Å². The number of esters is 1. The first kappa shape index (κ1) is 31.6. The molecule has 0 bridgehead atoms. The predicted molar refractivity (Wildman–Crippen MR) is 145 cm³/mol. The molecule has 0 saturated carbocycles. The lowest BCUT2D eigenvalue weighted by Crippen LogP contribution is -2.52. The van der Waals surface area contributed by atoms with Crippen molar-refractivity contribution in [2.75, 3.05) is 33.4 Å². The molecule has 1 aliphatic rings. The van der Waals surface area contributed by atoms with E-state index in [0.29, 0.717) is 36.7 Å². The van der Waals surface area contributed by atoms with Crippen molar-refractivity contribution in [2.45, 2.75) is 65.2 Å². The van der Waals surface area contributed by atoms with Crippen molar-refractivity contribution in [3.05, 3.63) is 29.8 Å². The van der Waals surface area contributed by atoms with Gasteiger partial charge in [0.05, 0.1) is 26.9 Å². The molecule has 1 aliphatic heterocycles. The molecule has 11 nitrogen and oxygen atoms in total. The fraction of sp³-hybridized carbons (Fsp3) is 0.571. The second kappa shape index (κ2) is 17.1. The summed E-state index contributed by atoms with van der Waals surface area (Å²) >= 11 is 0. The van der Waals surface area contributed by atoms with Crippen LogP contribution in [0.5, 0.6) is 11.5 Å². The van der Waals surface area contributed by atoms with Crippen LogP contribution in [0.4, 0.5) is 0 Å². The molecule has 3 amide bonds. The Morgan fingerprint density at radius 3 is 2.59 bits per heavy atom. The van der Waals surface area contributed by atoms with Gasteiger partial charge in [-0.1, -0.05) is 19.9 Å². The quantitative estimate of drug-likeness (QED) is 0.173. The van der Waals surface area contributed by atoms with Crippen LogP contribution in [0.2, 0.25) is 0 Å². The van der Waals surface area contributed by atoms with Gasteiger partial charge in [0.15, 0.2) is 17.8 Å². The second-order valence-electron chi connectivity index (χ2n) is 9.36. The Balaban J connectivity index is 1.80. The van der Waals surface area contributed by atoms with Gasteiger partial charge in [-0.3, -0.25) is 19.2 Å². The van der Waals surface area contributed by atoms with Crippen molar-refractivity contribution in [1.82, 2.24) is 16.0 Å². The van der Waals surface area contributed by atoms with E-state index in [2.05, 4.69) is 16.0 Å². The number of nitrogens with one attached hydrogen (secondary N) is 3. The standard InChI is InChI=1S/C28H41N3O8/c1-5-37-25(34)9-8-15-29-28(35)27(19(2)3)31-24(33)18-30-23(32)14-12-20-11-13-21(22(17-20)36-4)39-26-10-6-7-16-38-26/h11-14,17,19,26-27H,5-10,15-16,18H2,1-4H3,(H,29,35)(H,30,32)(H,31,33)/b14-12+/t26?,27-/m0/s1. The number of amides is 3. The smallest absolute Gasteiger partial charge is 0.305 e. The SMILES string of the molecule is CCOC(=O)CCCNC(=O)[C@@H](NC(=O)CNC(=O)/C=C/c1ccc(OC2CCCCO2)c(OC)c1)C(C)C. The van der Waals surface area contributed by atoms with E-state index in [0.717, 1.165) is 19.3 Å². The minimum atomic E-state index is -0.778. The highest BCUT2D eigenvalue weighted by molar-refractivity contribution is 5.95. The minimum absolute atomic E-state index is 0.179. The molecular formula is C28H41N3O8. The zero-order valence-corrected chi connectivity index (χ0v) is 23.2. The summed E-state index contributed by atoms with van der Waals surface area (Å²) < 4.78 is 21.8.